The lowest BCUT2D eigenvalue weighted by Gasteiger charge is -2.19. The molecule has 0 aliphatic heterocycles. The molecule has 1 rings (SSSR count). The fraction of sp³-hybridized carbons (Fsp3) is 0.455. The average molecular weight is 336 g/mol. The number of carboxylic acid groups (broad SMARTS) is 1. The Bertz CT molecular complexity index is 464. The molecular formula is C11H14BrNO4S. The molecule has 18 heavy (non-hydrogen) atoms. The highest BCUT2D eigenvalue weighted by Gasteiger charge is 2.19. The van der Waals surface area contributed by atoms with Crippen molar-refractivity contribution in [2.24, 2.45) is 0 Å². The second kappa shape index (κ2) is 5.71. The van der Waals surface area contributed by atoms with Crippen LogP contribution in [0.2, 0.25) is 0 Å². The molecule has 1 amide bonds. The average Bonchev–Trinajstić information content (AvgIpc) is 2.41. The highest BCUT2D eigenvalue weighted by atomic mass is 79.9. The molecule has 7 heteroatoms. The van der Waals surface area contributed by atoms with Crippen molar-refractivity contribution in [1.82, 2.24) is 0 Å². The van der Waals surface area contributed by atoms with Crippen LogP contribution >= 0.6 is 27.3 Å². The van der Waals surface area contributed by atoms with Crippen LogP contribution in [0, 0.1) is 0 Å². The molecular weight excluding hydrogens is 322 g/mol. The van der Waals surface area contributed by atoms with Crippen molar-refractivity contribution in [2.45, 2.75) is 32.8 Å². The van der Waals surface area contributed by atoms with E-state index in [0.29, 0.717) is 10.6 Å². The van der Waals surface area contributed by atoms with Crippen molar-refractivity contribution < 1.29 is 19.4 Å². The van der Waals surface area contributed by atoms with E-state index >= 15 is 0 Å². The minimum atomic E-state index is -0.951. The van der Waals surface area contributed by atoms with Gasteiger partial charge in [-0.1, -0.05) is 0 Å². The number of carbonyl (C=O) groups excluding carboxylic acids is 1. The Hall–Kier alpha value is -1.08. The predicted molar refractivity (Wildman–Crippen MR) is 73.2 cm³/mol. The molecule has 0 bridgehead atoms. The first-order valence-electron chi connectivity index (χ1n) is 5.17. The lowest BCUT2D eigenvalue weighted by atomic mass is 10.2. The number of hydrogen-bond acceptors (Lipinski definition) is 4. The number of ether oxygens (including phenoxy) is 1. The van der Waals surface area contributed by atoms with E-state index in [0.717, 1.165) is 3.79 Å². The fourth-order valence-corrected chi connectivity index (χ4v) is 2.75. The molecule has 0 saturated heterocycles. The van der Waals surface area contributed by atoms with E-state index in [1.54, 1.807) is 26.8 Å². The van der Waals surface area contributed by atoms with Gasteiger partial charge in [0, 0.05) is 0 Å². The molecule has 0 radical (unpaired) electrons. The van der Waals surface area contributed by atoms with E-state index in [4.69, 9.17) is 9.84 Å². The third kappa shape index (κ3) is 5.05. The number of rotatable bonds is 3. The number of carboxylic acids is 1. The van der Waals surface area contributed by atoms with Crippen LogP contribution in [-0.4, -0.2) is 22.8 Å². The fourth-order valence-electron chi connectivity index (χ4n) is 1.19. The van der Waals surface area contributed by atoms with Gasteiger partial charge in [0.1, 0.15) is 10.6 Å². The summed E-state index contributed by atoms with van der Waals surface area (Å²) in [4.78, 5) is 22.3. The van der Waals surface area contributed by atoms with Crippen molar-refractivity contribution in [3.05, 3.63) is 15.4 Å². The van der Waals surface area contributed by atoms with E-state index < -0.39 is 17.7 Å². The van der Waals surface area contributed by atoms with Crippen LogP contribution in [-0.2, 0) is 16.0 Å². The van der Waals surface area contributed by atoms with Gasteiger partial charge in [-0.25, -0.2) is 4.79 Å². The van der Waals surface area contributed by atoms with Gasteiger partial charge in [0.05, 0.1) is 10.2 Å². The Morgan fingerprint density at radius 3 is 2.61 bits per heavy atom. The number of carbonyl (C=O) groups is 2. The van der Waals surface area contributed by atoms with E-state index in [2.05, 4.69) is 21.2 Å². The van der Waals surface area contributed by atoms with Gasteiger partial charge in [0.15, 0.2) is 0 Å². The smallest absolute Gasteiger partial charge is 0.412 e. The molecule has 0 aliphatic carbocycles. The standard InChI is InChI=1S/C11H14BrNO4S/c1-11(2,3)17-10(16)13-9-6(5-8(14)15)4-7(12)18-9/h4H,5H2,1-3H3,(H,13,16)(H,14,15). The molecule has 5 nitrogen and oxygen atoms in total. The summed E-state index contributed by atoms with van der Waals surface area (Å²) in [5, 5.41) is 11.8. The van der Waals surface area contributed by atoms with Crippen LogP contribution in [0.15, 0.2) is 9.85 Å². The van der Waals surface area contributed by atoms with Crippen LogP contribution in [0.4, 0.5) is 9.80 Å². The van der Waals surface area contributed by atoms with E-state index in [1.807, 2.05) is 0 Å². The lowest BCUT2D eigenvalue weighted by molar-refractivity contribution is -0.136. The Kier molecular flexibility index (Phi) is 4.75. The number of hydrogen-bond donors (Lipinski definition) is 2. The first-order chi connectivity index (χ1) is 8.17. The normalized spacial score (nSPS) is 11.1. The van der Waals surface area contributed by atoms with Gasteiger partial charge in [0.25, 0.3) is 0 Å². The second-order valence-corrected chi connectivity index (χ2v) is 7.03. The SMILES string of the molecule is CC(C)(C)OC(=O)Nc1sc(Br)cc1CC(=O)O. The zero-order valence-corrected chi connectivity index (χ0v) is 12.6. The van der Waals surface area contributed by atoms with Gasteiger partial charge in [-0.2, -0.15) is 0 Å². The summed E-state index contributed by atoms with van der Waals surface area (Å²) in [6.07, 6.45) is -0.740. The maximum absolute atomic E-state index is 11.6. The molecule has 1 aromatic heterocycles. The predicted octanol–water partition coefficient (Wildman–Crippen LogP) is 3.48. The number of nitrogens with one attached hydrogen (secondary N) is 1. The molecule has 2 N–H and O–H groups in total. The lowest BCUT2D eigenvalue weighted by Crippen LogP contribution is -2.27. The van der Waals surface area contributed by atoms with E-state index in [9.17, 15) is 9.59 Å². The minimum Gasteiger partial charge on any atom is -0.481 e. The van der Waals surface area contributed by atoms with Gasteiger partial charge >= 0.3 is 12.1 Å². The minimum absolute atomic E-state index is 0.146. The zero-order chi connectivity index (χ0) is 13.9. The van der Waals surface area contributed by atoms with Gasteiger partial charge in [-0.3, -0.25) is 10.1 Å². The number of amides is 1. The number of thiophene rings is 1. The van der Waals surface area contributed by atoms with Crippen LogP contribution in [0.5, 0.6) is 0 Å². The quantitative estimate of drug-likeness (QED) is 0.886. The summed E-state index contributed by atoms with van der Waals surface area (Å²) in [6, 6.07) is 1.67. The number of aliphatic carboxylic acids is 1. The summed E-state index contributed by atoms with van der Waals surface area (Å²) in [5.41, 5.74) is -0.0452. The third-order valence-electron chi connectivity index (χ3n) is 1.74. The highest BCUT2D eigenvalue weighted by Crippen LogP contribution is 2.32. The van der Waals surface area contributed by atoms with Crippen LogP contribution in [0.25, 0.3) is 0 Å². The molecule has 1 aromatic rings. The van der Waals surface area contributed by atoms with Crippen molar-refractivity contribution in [2.75, 3.05) is 5.32 Å². The first-order valence-corrected chi connectivity index (χ1v) is 6.78. The topological polar surface area (TPSA) is 75.6 Å². The van der Waals surface area contributed by atoms with Crippen molar-refractivity contribution in [1.29, 1.82) is 0 Å². The molecule has 0 fully saturated rings. The summed E-state index contributed by atoms with van der Waals surface area (Å²) in [7, 11) is 0. The monoisotopic (exact) mass is 335 g/mol. The molecule has 0 unspecified atom stereocenters. The summed E-state index contributed by atoms with van der Waals surface area (Å²) in [5.74, 6) is -0.951. The van der Waals surface area contributed by atoms with Crippen molar-refractivity contribution in [3.63, 3.8) is 0 Å². The van der Waals surface area contributed by atoms with Crippen LogP contribution in [0.1, 0.15) is 26.3 Å². The Labute approximate surface area is 117 Å². The Balaban J connectivity index is 2.77. The first kappa shape index (κ1) is 15.0. The largest absolute Gasteiger partial charge is 0.481 e. The molecule has 0 spiro atoms. The van der Waals surface area contributed by atoms with Crippen LogP contribution < -0.4 is 5.32 Å². The molecule has 0 aliphatic rings. The number of anilines is 1. The van der Waals surface area contributed by atoms with Gasteiger partial charge in [0.2, 0.25) is 0 Å². The molecule has 100 valence electrons. The molecule has 0 atom stereocenters. The van der Waals surface area contributed by atoms with Gasteiger partial charge < -0.3 is 9.84 Å². The maximum Gasteiger partial charge on any atom is 0.412 e. The number of halogens is 1. The summed E-state index contributed by atoms with van der Waals surface area (Å²) in [6.45, 7) is 5.28. The van der Waals surface area contributed by atoms with Gasteiger partial charge in [-0.05, 0) is 48.3 Å². The Morgan fingerprint density at radius 2 is 2.11 bits per heavy atom. The van der Waals surface area contributed by atoms with Crippen molar-refractivity contribution >= 4 is 44.3 Å². The van der Waals surface area contributed by atoms with E-state index in [-0.39, 0.29) is 6.42 Å². The third-order valence-corrected chi connectivity index (χ3v) is 3.33. The summed E-state index contributed by atoms with van der Waals surface area (Å²) >= 11 is 4.51. The second-order valence-electron chi connectivity index (χ2n) is 4.60. The summed E-state index contributed by atoms with van der Waals surface area (Å²) < 4.78 is 5.86. The van der Waals surface area contributed by atoms with E-state index in [1.165, 1.54) is 11.3 Å². The van der Waals surface area contributed by atoms with Crippen LogP contribution in [0.3, 0.4) is 0 Å². The molecule has 1 heterocycles. The van der Waals surface area contributed by atoms with Gasteiger partial charge in [-0.15, -0.1) is 11.3 Å². The highest BCUT2D eigenvalue weighted by molar-refractivity contribution is 9.11. The molecule has 0 saturated carbocycles. The zero-order valence-electron chi connectivity index (χ0n) is 10.2. The Morgan fingerprint density at radius 1 is 1.50 bits per heavy atom. The maximum atomic E-state index is 11.6. The van der Waals surface area contributed by atoms with Crippen molar-refractivity contribution in [3.8, 4) is 0 Å². The molecule has 0 aromatic carbocycles.